The van der Waals surface area contributed by atoms with Crippen molar-refractivity contribution < 1.29 is 9.53 Å². The molecule has 2 unspecified atom stereocenters. The molecule has 0 aromatic heterocycles. The summed E-state index contributed by atoms with van der Waals surface area (Å²) in [6.07, 6.45) is 2.07. The molecule has 1 amide bonds. The van der Waals surface area contributed by atoms with Gasteiger partial charge in [0.25, 0.3) is 0 Å². The smallest absolute Gasteiger partial charge is 0.238 e. The first-order valence-corrected chi connectivity index (χ1v) is 8.35. The zero-order valence-corrected chi connectivity index (χ0v) is 16.0. The average molecular weight is 407 g/mol. The van der Waals surface area contributed by atoms with Crippen LogP contribution in [0.3, 0.4) is 0 Å². The van der Waals surface area contributed by atoms with Gasteiger partial charge in [-0.25, -0.2) is 0 Å². The van der Waals surface area contributed by atoms with Gasteiger partial charge in [0.15, 0.2) is 0 Å². The van der Waals surface area contributed by atoms with Crippen molar-refractivity contribution in [2.24, 2.45) is 5.73 Å². The molecule has 2 rings (SSSR count). The summed E-state index contributed by atoms with van der Waals surface area (Å²) in [6.45, 7) is 3.75. The molecule has 0 radical (unpaired) electrons. The van der Waals surface area contributed by atoms with Crippen molar-refractivity contribution in [1.29, 1.82) is 0 Å². The lowest BCUT2D eigenvalue weighted by molar-refractivity contribution is -0.118. The molecule has 1 fully saturated rings. The van der Waals surface area contributed by atoms with E-state index in [0.29, 0.717) is 13.1 Å². The fourth-order valence-electron chi connectivity index (χ4n) is 2.83. The number of carbonyl (C=O) groups is 1. The van der Waals surface area contributed by atoms with Crippen molar-refractivity contribution in [3.8, 4) is 0 Å². The topological polar surface area (TPSA) is 67.6 Å². The van der Waals surface area contributed by atoms with Crippen LogP contribution in [-0.2, 0) is 9.53 Å². The third kappa shape index (κ3) is 5.72. The lowest BCUT2D eigenvalue weighted by Crippen LogP contribution is -2.50. The summed E-state index contributed by atoms with van der Waals surface area (Å²) in [4.78, 5) is 14.4. The molecule has 1 aliphatic heterocycles. The molecule has 1 aromatic carbocycles. The standard InChI is InChI=1S/C16H24BrN3O2.ClH/c1-11-3-4-15(14(17)7-11)19-16(21)10-20-6-5-13(22-2)8-12(20)9-18;/h3-4,7,12-13H,5-6,8-10,18H2,1-2H3,(H,19,21);1H. The number of amides is 1. The van der Waals surface area contributed by atoms with E-state index < -0.39 is 0 Å². The predicted octanol–water partition coefficient (Wildman–Crippen LogP) is 2.56. The minimum Gasteiger partial charge on any atom is -0.381 e. The zero-order valence-electron chi connectivity index (χ0n) is 13.5. The van der Waals surface area contributed by atoms with E-state index in [9.17, 15) is 4.79 Å². The Labute approximate surface area is 152 Å². The summed E-state index contributed by atoms with van der Waals surface area (Å²) >= 11 is 3.48. The summed E-state index contributed by atoms with van der Waals surface area (Å²) in [5, 5.41) is 2.96. The molecule has 0 spiro atoms. The van der Waals surface area contributed by atoms with Gasteiger partial charge in [-0.3, -0.25) is 9.69 Å². The Morgan fingerprint density at radius 1 is 1.52 bits per heavy atom. The van der Waals surface area contributed by atoms with E-state index >= 15 is 0 Å². The molecule has 0 saturated carbocycles. The van der Waals surface area contributed by atoms with E-state index in [4.69, 9.17) is 10.5 Å². The Balaban J connectivity index is 0.00000264. The van der Waals surface area contributed by atoms with Gasteiger partial charge in [-0.1, -0.05) is 6.07 Å². The van der Waals surface area contributed by atoms with Crippen molar-refractivity contribution in [3.05, 3.63) is 28.2 Å². The number of likely N-dealkylation sites (tertiary alicyclic amines) is 1. The fourth-order valence-corrected chi connectivity index (χ4v) is 3.42. The number of nitrogens with zero attached hydrogens (tertiary/aromatic N) is 1. The monoisotopic (exact) mass is 405 g/mol. The number of hydrogen-bond acceptors (Lipinski definition) is 4. The van der Waals surface area contributed by atoms with Gasteiger partial charge >= 0.3 is 0 Å². The summed E-state index contributed by atoms with van der Waals surface area (Å²) < 4.78 is 6.31. The van der Waals surface area contributed by atoms with Crippen LogP contribution in [0.25, 0.3) is 0 Å². The van der Waals surface area contributed by atoms with Crippen molar-refractivity contribution in [3.63, 3.8) is 0 Å². The van der Waals surface area contributed by atoms with Crippen LogP contribution in [0.1, 0.15) is 18.4 Å². The van der Waals surface area contributed by atoms with Crippen LogP contribution in [0.2, 0.25) is 0 Å². The molecule has 0 bridgehead atoms. The van der Waals surface area contributed by atoms with E-state index in [2.05, 4.69) is 26.1 Å². The number of nitrogens with two attached hydrogens (primary N) is 1. The average Bonchev–Trinajstić information content (AvgIpc) is 2.50. The predicted molar refractivity (Wildman–Crippen MR) is 99.2 cm³/mol. The number of rotatable bonds is 5. The SMILES string of the molecule is COC1CCN(CC(=O)Nc2ccc(C)cc2Br)C(CN)C1.Cl. The molecular formula is C16H25BrClN3O2. The Morgan fingerprint density at radius 2 is 2.26 bits per heavy atom. The van der Waals surface area contributed by atoms with Crippen molar-refractivity contribution in [1.82, 2.24) is 4.90 Å². The Morgan fingerprint density at radius 3 is 2.87 bits per heavy atom. The molecule has 1 aromatic rings. The highest BCUT2D eigenvalue weighted by Crippen LogP contribution is 2.24. The molecule has 130 valence electrons. The molecule has 23 heavy (non-hydrogen) atoms. The lowest BCUT2D eigenvalue weighted by Gasteiger charge is -2.37. The summed E-state index contributed by atoms with van der Waals surface area (Å²) in [6, 6.07) is 6.08. The van der Waals surface area contributed by atoms with E-state index in [0.717, 1.165) is 35.1 Å². The summed E-state index contributed by atoms with van der Waals surface area (Å²) in [5.74, 6) is -0.0149. The molecule has 5 nitrogen and oxygen atoms in total. The molecular weight excluding hydrogens is 382 g/mol. The molecule has 0 aliphatic carbocycles. The van der Waals surface area contributed by atoms with Crippen molar-refractivity contribution in [2.75, 3.05) is 32.1 Å². The Hall–Kier alpha value is -0.660. The number of benzene rings is 1. The number of methoxy groups -OCH3 is 1. The van der Waals surface area contributed by atoms with E-state index in [1.54, 1.807) is 7.11 Å². The number of hydrogen-bond donors (Lipinski definition) is 2. The second-order valence-electron chi connectivity index (χ2n) is 5.77. The minimum absolute atomic E-state index is 0. The molecule has 1 saturated heterocycles. The van der Waals surface area contributed by atoms with Crippen LogP contribution in [0.5, 0.6) is 0 Å². The van der Waals surface area contributed by atoms with Crippen LogP contribution in [0, 0.1) is 6.92 Å². The van der Waals surface area contributed by atoms with Gasteiger partial charge in [-0.15, -0.1) is 12.4 Å². The highest BCUT2D eigenvalue weighted by Gasteiger charge is 2.28. The van der Waals surface area contributed by atoms with E-state index in [-0.39, 0.29) is 30.5 Å². The molecule has 1 aliphatic rings. The third-order valence-electron chi connectivity index (χ3n) is 4.14. The Kier molecular flexibility index (Phi) is 8.50. The van der Waals surface area contributed by atoms with Crippen molar-refractivity contribution >= 4 is 39.9 Å². The second kappa shape index (κ2) is 9.59. The first kappa shape index (κ1) is 20.4. The van der Waals surface area contributed by atoms with Gasteiger partial charge in [0, 0.05) is 30.7 Å². The fraction of sp³-hybridized carbons (Fsp3) is 0.562. The first-order valence-electron chi connectivity index (χ1n) is 7.56. The molecule has 7 heteroatoms. The number of halogens is 2. The second-order valence-corrected chi connectivity index (χ2v) is 6.63. The third-order valence-corrected chi connectivity index (χ3v) is 4.80. The maximum atomic E-state index is 12.3. The molecule has 1 heterocycles. The summed E-state index contributed by atoms with van der Waals surface area (Å²) in [7, 11) is 1.73. The number of nitrogens with one attached hydrogen (secondary N) is 1. The molecule has 3 N–H and O–H groups in total. The van der Waals surface area contributed by atoms with Crippen LogP contribution in [0.4, 0.5) is 5.69 Å². The van der Waals surface area contributed by atoms with Crippen LogP contribution in [-0.4, -0.2) is 49.7 Å². The largest absolute Gasteiger partial charge is 0.381 e. The van der Waals surface area contributed by atoms with Gasteiger partial charge in [0.1, 0.15) is 0 Å². The normalized spacial score (nSPS) is 21.6. The summed E-state index contributed by atoms with van der Waals surface area (Å²) in [5.41, 5.74) is 7.79. The first-order chi connectivity index (χ1) is 10.5. The van der Waals surface area contributed by atoms with Crippen LogP contribution >= 0.6 is 28.3 Å². The maximum absolute atomic E-state index is 12.3. The zero-order chi connectivity index (χ0) is 16.1. The molecule has 2 atom stereocenters. The van der Waals surface area contributed by atoms with Gasteiger partial charge in [-0.05, 0) is 53.4 Å². The lowest BCUT2D eigenvalue weighted by atomic mass is 9.99. The van der Waals surface area contributed by atoms with Crippen LogP contribution < -0.4 is 11.1 Å². The minimum atomic E-state index is -0.0149. The van der Waals surface area contributed by atoms with Crippen molar-refractivity contribution in [2.45, 2.75) is 31.9 Å². The number of piperidine rings is 1. The number of ether oxygens (including phenoxy) is 1. The quantitative estimate of drug-likeness (QED) is 0.788. The Bertz CT molecular complexity index is 530. The van der Waals surface area contributed by atoms with E-state index in [1.807, 2.05) is 25.1 Å². The van der Waals surface area contributed by atoms with Crippen LogP contribution in [0.15, 0.2) is 22.7 Å². The van der Waals surface area contributed by atoms with E-state index in [1.165, 1.54) is 0 Å². The number of carbonyl (C=O) groups excluding carboxylic acids is 1. The van der Waals surface area contributed by atoms with Gasteiger partial charge < -0.3 is 15.8 Å². The number of aryl methyl sites for hydroxylation is 1. The van der Waals surface area contributed by atoms with Gasteiger partial charge in [0.05, 0.1) is 18.3 Å². The highest BCUT2D eigenvalue weighted by atomic mass is 79.9. The van der Waals surface area contributed by atoms with Gasteiger partial charge in [-0.2, -0.15) is 0 Å². The maximum Gasteiger partial charge on any atom is 0.238 e. The van der Waals surface area contributed by atoms with Gasteiger partial charge in [0.2, 0.25) is 5.91 Å². The number of anilines is 1. The highest BCUT2D eigenvalue weighted by molar-refractivity contribution is 9.10.